The predicted molar refractivity (Wildman–Crippen MR) is 118 cm³/mol. The van der Waals surface area contributed by atoms with E-state index in [1.54, 1.807) is 6.20 Å². The molecular weight excluding hydrogens is 433 g/mol. The van der Waals surface area contributed by atoms with E-state index in [0.29, 0.717) is 25.1 Å². The molecule has 0 radical (unpaired) electrons. The zero-order valence-electron chi connectivity index (χ0n) is 17.7. The number of hydrogen-bond acceptors (Lipinski definition) is 6. The number of hydrogen-bond donors (Lipinski definition) is 1. The third-order valence-electron chi connectivity index (χ3n) is 6.20. The van der Waals surface area contributed by atoms with E-state index in [0.717, 1.165) is 43.6 Å². The van der Waals surface area contributed by atoms with E-state index >= 15 is 0 Å². The van der Waals surface area contributed by atoms with Crippen molar-refractivity contribution in [3.8, 4) is 5.75 Å². The minimum absolute atomic E-state index is 0.127. The summed E-state index contributed by atoms with van der Waals surface area (Å²) in [7, 11) is -3.74. The van der Waals surface area contributed by atoms with Crippen molar-refractivity contribution in [3.63, 3.8) is 0 Å². The van der Waals surface area contributed by atoms with Crippen LogP contribution in [0.25, 0.3) is 0 Å². The molecule has 3 aliphatic rings. The van der Waals surface area contributed by atoms with Crippen molar-refractivity contribution in [1.82, 2.24) is 9.71 Å². The van der Waals surface area contributed by atoms with Crippen LogP contribution < -0.4 is 14.4 Å². The lowest BCUT2D eigenvalue weighted by atomic mass is 10.0. The molecule has 9 heteroatoms. The molecule has 170 valence electrons. The van der Waals surface area contributed by atoms with Gasteiger partial charge in [0.2, 0.25) is 10.0 Å². The molecule has 1 aromatic heterocycles. The first kappa shape index (κ1) is 21.2. The number of amides is 1. The summed E-state index contributed by atoms with van der Waals surface area (Å²) in [5, 5.41) is -0.548. The van der Waals surface area contributed by atoms with Crippen molar-refractivity contribution in [2.45, 2.75) is 55.8 Å². The lowest BCUT2D eigenvalue weighted by Crippen LogP contribution is -2.41. The van der Waals surface area contributed by atoms with Gasteiger partial charge in [-0.25, -0.2) is 22.5 Å². The van der Waals surface area contributed by atoms with Gasteiger partial charge in [0.15, 0.2) is 0 Å². The fourth-order valence-electron chi connectivity index (χ4n) is 4.17. The number of anilines is 1. The van der Waals surface area contributed by atoms with Crippen LogP contribution in [0, 0.1) is 5.82 Å². The Morgan fingerprint density at radius 3 is 2.66 bits per heavy atom. The normalized spacial score (nSPS) is 21.3. The van der Waals surface area contributed by atoms with Gasteiger partial charge in [0.25, 0.3) is 5.91 Å². The largest absolute Gasteiger partial charge is 0.488 e. The molecule has 1 unspecified atom stereocenters. The summed E-state index contributed by atoms with van der Waals surface area (Å²) < 4.78 is 47.4. The summed E-state index contributed by atoms with van der Waals surface area (Å²) in [6, 6.07) is 8.49. The van der Waals surface area contributed by atoms with E-state index in [2.05, 4.69) is 9.88 Å². The lowest BCUT2D eigenvalue weighted by Gasteiger charge is -2.34. The summed E-state index contributed by atoms with van der Waals surface area (Å²) in [4.78, 5) is 19.1. The number of nitrogens with zero attached hydrogens (tertiary/aromatic N) is 2. The quantitative estimate of drug-likeness (QED) is 0.683. The Labute approximate surface area is 187 Å². The van der Waals surface area contributed by atoms with Gasteiger partial charge in [-0.3, -0.25) is 4.79 Å². The highest BCUT2D eigenvalue weighted by Crippen LogP contribution is 2.45. The third kappa shape index (κ3) is 4.57. The van der Waals surface area contributed by atoms with Crippen LogP contribution in [-0.4, -0.2) is 43.8 Å². The van der Waals surface area contributed by atoms with Crippen LogP contribution in [0.15, 0.2) is 36.5 Å². The molecule has 32 heavy (non-hydrogen) atoms. The number of sulfonamides is 1. The summed E-state index contributed by atoms with van der Waals surface area (Å²) in [5.41, 5.74) is 0.526. The van der Waals surface area contributed by atoms with Crippen molar-refractivity contribution in [1.29, 1.82) is 0 Å². The van der Waals surface area contributed by atoms with Gasteiger partial charge in [-0.15, -0.1) is 0 Å². The number of ether oxygens (including phenoxy) is 1. The summed E-state index contributed by atoms with van der Waals surface area (Å²) in [6.07, 6.45) is 6.34. The van der Waals surface area contributed by atoms with E-state index < -0.39 is 27.0 Å². The monoisotopic (exact) mass is 459 g/mol. The zero-order chi connectivity index (χ0) is 22.3. The minimum atomic E-state index is -3.74. The second kappa shape index (κ2) is 8.35. The number of rotatable bonds is 7. The van der Waals surface area contributed by atoms with Crippen LogP contribution in [0.1, 0.15) is 60.4 Å². The summed E-state index contributed by atoms with van der Waals surface area (Å²) >= 11 is 0. The first-order valence-electron chi connectivity index (χ1n) is 11.1. The van der Waals surface area contributed by atoms with Gasteiger partial charge in [0.05, 0.1) is 17.4 Å². The fourth-order valence-corrected chi connectivity index (χ4v) is 5.46. The van der Waals surface area contributed by atoms with Crippen molar-refractivity contribution in [3.05, 3.63) is 53.5 Å². The minimum Gasteiger partial charge on any atom is -0.488 e. The van der Waals surface area contributed by atoms with Crippen LogP contribution in [0.2, 0.25) is 0 Å². The molecule has 1 saturated heterocycles. The second-order valence-electron chi connectivity index (χ2n) is 8.84. The third-order valence-corrected chi connectivity index (χ3v) is 8.02. The number of aromatic nitrogens is 1. The van der Waals surface area contributed by atoms with Gasteiger partial charge in [0.1, 0.15) is 23.5 Å². The zero-order valence-corrected chi connectivity index (χ0v) is 18.5. The van der Waals surface area contributed by atoms with E-state index in [9.17, 15) is 17.6 Å². The Morgan fingerprint density at radius 1 is 1.16 bits per heavy atom. The second-order valence-corrected chi connectivity index (χ2v) is 10.8. The number of nitrogens with one attached hydrogen (secondary N) is 1. The topological polar surface area (TPSA) is 88.6 Å². The van der Waals surface area contributed by atoms with Gasteiger partial charge >= 0.3 is 0 Å². The number of carbonyl (C=O) groups is 1. The Hall–Kier alpha value is -2.68. The van der Waals surface area contributed by atoms with Crippen LogP contribution in [0.3, 0.4) is 0 Å². The average Bonchev–Trinajstić information content (AvgIpc) is 3.67. The summed E-state index contributed by atoms with van der Waals surface area (Å²) in [5.74, 6) is -0.155. The highest BCUT2D eigenvalue weighted by molar-refractivity contribution is 7.91. The number of halogens is 1. The molecule has 1 aliphatic heterocycles. The van der Waals surface area contributed by atoms with Crippen LogP contribution in [-0.2, 0) is 10.0 Å². The smallest absolute Gasteiger partial charge is 0.267 e. The van der Waals surface area contributed by atoms with Crippen molar-refractivity contribution in [2.75, 3.05) is 18.0 Å². The molecule has 0 spiro atoms. The molecule has 0 bridgehead atoms. The SMILES string of the molecule is O=C(NS(=O)(=O)C1CC1)c1cc(C2CC2)c(OC2CCCN(c3ccccn3)C2)cc1F. The molecule has 2 aliphatic carbocycles. The Morgan fingerprint density at radius 2 is 1.97 bits per heavy atom. The van der Waals surface area contributed by atoms with E-state index in [1.807, 2.05) is 22.9 Å². The molecule has 1 atom stereocenters. The first-order chi connectivity index (χ1) is 15.4. The molecule has 7 nitrogen and oxygen atoms in total. The van der Waals surface area contributed by atoms with E-state index in [-0.39, 0.29) is 17.6 Å². The first-order valence-corrected chi connectivity index (χ1v) is 12.7. The maximum Gasteiger partial charge on any atom is 0.267 e. The fraction of sp³-hybridized carbons (Fsp3) is 0.478. The standard InChI is InChI=1S/C23H26FN3O4S/c24-20-13-21(31-16-4-3-11-27(14-16)22-5-1-2-10-25-22)18(15-6-7-15)12-19(20)23(28)26-32(29,30)17-8-9-17/h1-2,5,10,12-13,15-17H,3-4,6-9,11,14H2,(H,26,28). The van der Waals surface area contributed by atoms with Crippen molar-refractivity contribution in [2.24, 2.45) is 0 Å². The molecule has 1 aromatic carbocycles. The molecule has 3 fully saturated rings. The van der Waals surface area contributed by atoms with Gasteiger partial charge in [-0.05, 0) is 68.2 Å². The molecule has 1 N–H and O–H groups in total. The van der Waals surface area contributed by atoms with Crippen molar-refractivity contribution >= 4 is 21.7 Å². The molecule has 5 rings (SSSR count). The predicted octanol–water partition coefficient (Wildman–Crippen LogP) is 3.37. The van der Waals surface area contributed by atoms with Gasteiger partial charge in [-0.1, -0.05) is 6.07 Å². The van der Waals surface area contributed by atoms with Gasteiger partial charge in [-0.2, -0.15) is 0 Å². The Balaban J connectivity index is 1.35. The van der Waals surface area contributed by atoms with Crippen LogP contribution >= 0.6 is 0 Å². The van der Waals surface area contributed by atoms with E-state index in [4.69, 9.17) is 4.74 Å². The Bertz CT molecular complexity index is 1120. The summed E-state index contributed by atoms with van der Waals surface area (Å²) in [6.45, 7) is 1.53. The van der Waals surface area contributed by atoms with Gasteiger partial charge in [0, 0.05) is 18.8 Å². The Kier molecular flexibility index (Phi) is 5.53. The molecule has 1 amide bonds. The highest BCUT2D eigenvalue weighted by atomic mass is 32.2. The molecule has 2 saturated carbocycles. The average molecular weight is 460 g/mol. The maximum atomic E-state index is 14.9. The molecular formula is C23H26FN3O4S. The lowest BCUT2D eigenvalue weighted by molar-refractivity contribution is 0.0977. The number of benzene rings is 1. The van der Waals surface area contributed by atoms with Crippen molar-refractivity contribution < 1.29 is 22.3 Å². The van der Waals surface area contributed by atoms with Crippen LogP contribution in [0.4, 0.5) is 10.2 Å². The van der Waals surface area contributed by atoms with Crippen LogP contribution in [0.5, 0.6) is 5.75 Å². The highest BCUT2D eigenvalue weighted by Gasteiger charge is 2.38. The number of carbonyl (C=O) groups excluding carboxylic acids is 1. The molecule has 2 aromatic rings. The molecule has 2 heterocycles. The van der Waals surface area contributed by atoms with Gasteiger partial charge < -0.3 is 9.64 Å². The number of piperidine rings is 1. The maximum absolute atomic E-state index is 14.9. The van der Waals surface area contributed by atoms with E-state index in [1.165, 1.54) is 12.1 Å². The number of pyridine rings is 1.